The molecule has 1 heterocycles. The second-order valence-corrected chi connectivity index (χ2v) is 4.20. The minimum atomic E-state index is 0.555. The molecule has 0 fully saturated rings. The summed E-state index contributed by atoms with van der Waals surface area (Å²) in [6.45, 7) is 1.87. The van der Waals surface area contributed by atoms with E-state index < -0.39 is 0 Å². The monoisotopic (exact) mass is 262 g/mol. The third kappa shape index (κ3) is 2.51. The molecule has 0 spiro atoms. The molecule has 0 radical (unpaired) electrons. The van der Waals surface area contributed by atoms with E-state index in [9.17, 15) is 0 Å². The molecule has 1 aromatic carbocycles. The molecule has 1 aromatic heterocycles. The number of aryl methyl sites for hydroxylation is 1. The summed E-state index contributed by atoms with van der Waals surface area (Å²) in [4.78, 5) is 7.32. The first kappa shape index (κ1) is 12.6. The Morgan fingerprint density at radius 1 is 1.17 bits per heavy atom. The molecular formula is C13H14N2O2S. The SMILES string of the molecule is COc1ccc(-c2cc(=S)nc(C)[nH]2)c(OC)c1. The maximum Gasteiger partial charge on any atom is 0.131 e. The van der Waals surface area contributed by atoms with Crippen molar-refractivity contribution >= 4 is 12.2 Å². The fourth-order valence-corrected chi connectivity index (χ4v) is 2.00. The van der Waals surface area contributed by atoms with Gasteiger partial charge in [0.25, 0.3) is 0 Å². The topological polar surface area (TPSA) is 47.1 Å². The molecule has 0 aliphatic carbocycles. The molecule has 0 aliphatic heterocycles. The van der Waals surface area contributed by atoms with Crippen molar-refractivity contribution in [3.8, 4) is 22.8 Å². The van der Waals surface area contributed by atoms with Gasteiger partial charge in [0.15, 0.2) is 0 Å². The average molecular weight is 262 g/mol. The van der Waals surface area contributed by atoms with Gasteiger partial charge in [-0.25, -0.2) is 4.98 Å². The van der Waals surface area contributed by atoms with E-state index in [4.69, 9.17) is 21.7 Å². The molecule has 0 bridgehead atoms. The summed E-state index contributed by atoms with van der Waals surface area (Å²) >= 11 is 5.12. The number of nitrogens with one attached hydrogen (secondary N) is 1. The molecular weight excluding hydrogens is 248 g/mol. The molecule has 0 saturated carbocycles. The van der Waals surface area contributed by atoms with Crippen LogP contribution in [0.25, 0.3) is 11.3 Å². The third-order valence-corrected chi connectivity index (χ3v) is 2.77. The van der Waals surface area contributed by atoms with Crippen LogP contribution in [0.2, 0.25) is 0 Å². The van der Waals surface area contributed by atoms with Crippen LogP contribution < -0.4 is 9.47 Å². The summed E-state index contributed by atoms with van der Waals surface area (Å²) in [5.41, 5.74) is 1.81. The second-order valence-electron chi connectivity index (χ2n) is 3.78. The molecule has 5 heteroatoms. The highest BCUT2D eigenvalue weighted by Crippen LogP contribution is 2.32. The summed E-state index contributed by atoms with van der Waals surface area (Å²) in [6, 6.07) is 7.46. The summed E-state index contributed by atoms with van der Waals surface area (Å²) < 4.78 is 11.1. The van der Waals surface area contributed by atoms with Crippen molar-refractivity contribution in [2.45, 2.75) is 6.92 Å². The molecule has 1 N–H and O–H groups in total. The van der Waals surface area contributed by atoms with Gasteiger partial charge in [-0.2, -0.15) is 0 Å². The first-order valence-corrected chi connectivity index (χ1v) is 5.85. The number of methoxy groups -OCH3 is 2. The third-order valence-electron chi connectivity index (χ3n) is 2.56. The largest absolute Gasteiger partial charge is 0.497 e. The Bertz CT molecular complexity index is 623. The number of hydrogen-bond donors (Lipinski definition) is 1. The second kappa shape index (κ2) is 5.18. The van der Waals surface area contributed by atoms with Gasteiger partial charge in [0.05, 0.1) is 19.9 Å². The predicted octanol–water partition coefficient (Wildman–Crippen LogP) is 3.13. The van der Waals surface area contributed by atoms with Gasteiger partial charge in [0.1, 0.15) is 22.0 Å². The molecule has 94 valence electrons. The van der Waals surface area contributed by atoms with Crippen LogP contribution in [0.5, 0.6) is 11.5 Å². The van der Waals surface area contributed by atoms with E-state index in [0.29, 0.717) is 4.64 Å². The van der Waals surface area contributed by atoms with E-state index in [0.717, 1.165) is 28.6 Å². The Balaban J connectivity index is 2.59. The molecule has 0 amide bonds. The molecule has 2 aromatic rings. The molecule has 0 unspecified atom stereocenters. The molecule has 18 heavy (non-hydrogen) atoms. The maximum absolute atomic E-state index is 5.37. The van der Waals surface area contributed by atoms with Gasteiger partial charge >= 0.3 is 0 Å². The van der Waals surface area contributed by atoms with Gasteiger partial charge in [-0.05, 0) is 25.1 Å². The van der Waals surface area contributed by atoms with E-state index in [1.165, 1.54) is 0 Å². The average Bonchev–Trinajstić information content (AvgIpc) is 2.36. The van der Waals surface area contributed by atoms with Crippen molar-refractivity contribution in [1.82, 2.24) is 9.97 Å². The fourth-order valence-electron chi connectivity index (χ4n) is 1.75. The van der Waals surface area contributed by atoms with Gasteiger partial charge in [0.2, 0.25) is 0 Å². The van der Waals surface area contributed by atoms with E-state index in [1.54, 1.807) is 14.2 Å². The first-order chi connectivity index (χ1) is 8.63. The Morgan fingerprint density at radius 3 is 2.56 bits per heavy atom. The summed E-state index contributed by atoms with van der Waals surface area (Å²) in [6.07, 6.45) is 0. The van der Waals surface area contributed by atoms with Crippen LogP contribution in [-0.2, 0) is 0 Å². The van der Waals surface area contributed by atoms with Gasteiger partial charge in [-0.15, -0.1) is 0 Å². The van der Waals surface area contributed by atoms with Crippen LogP contribution in [0.1, 0.15) is 5.82 Å². The lowest BCUT2D eigenvalue weighted by Gasteiger charge is -2.10. The van der Waals surface area contributed by atoms with E-state index in [-0.39, 0.29) is 0 Å². The Kier molecular flexibility index (Phi) is 3.62. The normalized spacial score (nSPS) is 10.2. The highest BCUT2D eigenvalue weighted by atomic mass is 32.1. The number of ether oxygens (including phenoxy) is 2. The summed E-state index contributed by atoms with van der Waals surface area (Å²) in [7, 11) is 3.25. The van der Waals surface area contributed by atoms with Crippen LogP contribution in [0.15, 0.2) is 24.3 Å². The minimum absolute atomic E-state index is 0.555. The number of aromatic nitrogens is 2. The zero-order valence-corrected chi connectivity index (χ0v) is 11.3. The molecule has 0 saturated heterocycles. The lowest BCUT2D eigenvalue weighted by molar-refractivity contribution is 0.395. The highest BCUT2D eigenvalue weighted by Gasteiger charge is 2.08. The lowest BCUT2D eigenvalue weighted by Crippen LogP contribution is -1.95. The van der Waals surface area contributed by atoms with Crippen LogP contribution in [-0.4, -0.2) is 24.2 Å². The molecule has 4 nitrogen and oxygen atoms in total. The molecule has 2 rings (SSSR count). The quantitative estimate of drug-likeness (QED) is 0.863. The Hall–Kier alpha value is -1.88. The summed E-state index contributed by atoms with van der Waals surface area (Å²) in [5, 5.41) is 0. The maximum atomic E-state index is 5.37. The predicted molar refractivity (Wildman–Crippen MR) is 72.7 cm³/mol. The van der Waals surface area contributed by atoms with Crippen LogP contribution in [0.3, 0.4) is 0 Å². The zero-order chi connectivity index (χ0) is 13.1. The molecule has 0 aliphatic rings. The molecule has 0 atom stereocenters. The van der Waals surface area contributed by atoms with Crippen molar-refractivity contribution in [3.63, 3.8) is 0 Å². The minimum Gasteiger partial charge on any atom is -0.497 e. The number of H-pyrrole nitrogens is 1. The van der Waals surface area contributed by atoms with E-state index in [1.807, 2.05) is 31.2 Å². The van der Waals surface area contributed by atoms with Crippen molar-refractivity contribution in [1.29, 1.82) is 0 Å². The van der Waals surface area contributed by atoms with E-state index in [2.05, 4.69) is 9.97 Å². The number of benzene rings is 1. The van der Waals surface area contributed by atoms with Gasteiger partial charge in [0, 0.05) is 11.6 Å². The van der Waals surface area contributed by atoms with Gasteiger partial charge in [-0.3, -0.25) is 0 Å². The number of hydrogen-bond acceptors (Lipinski definition) is 4. The van der Waals surface area contributed by atoms with Crippen molar-refractivity contribution in [2.75, 3.05) is 14.2 Å². The number of nitrogens with zero attached hydrogens (tertiary/aromatic N) is 1. The fraction of sp³-hybridized carbons (Fsp3) is 0.231. The van der Waals surface area contributed by atoms with Crippen LogP contribution in [0.4, 0.5) is 0 Å². The first-order valence-electron chi connectivity index (χ1n) is 5.44. The van der Waals surface area contributed by atoms with Gasteiger partial charge < -0.3 is 14.5 Å². The zero-order valence-electron chi connectivity index (χ0n) is 10.5. The van der Waals surface area contributed by atoms with Crippen LogP contribution >= 0.6 is 12.2 Å². The number of aromatic amines is 1. The highest BCUT2D eigenvalue weighted by molar-refractivity contribution is 7.71. The lowest BCUT2D eigenvalue weighted by atomic mass is 10.1. The van der Waals surface area contributed by atoms with Crippen molar-refractivity contribution in [2.24, 2.45) is 0 Å². The smallest absolute Gasteiger partial charge is 0.131 e. The van der Waals surface area contributed by atoms with Crippen molar-refractivity contribution in [3.05, 3.63) is 34.7 Å². The standard InChI is InChI=1S/C13H14N2O2S/c1-8-14-11(7-13(18)15-8)10-5-4-9(16-2)6-12(10)17-3/h4-7H,1-3H3,(H,14,15,18). The summed E-state index contributed by atoms with van der Waals surface area (Å²) in [5.74, 6) is 2.25. The Labute approximate surface area is 111 Å². The van der Waals surface area contributed by atoms with Gasteiger partial charge in [-0.1, -0.05) is 12.2 Å². The van der Waals surface area contributed by atoms with E-state index >= 15 is 0 Å². The van der Waals surface area contributed by atoms with Crippen molar-refractivity contribution < 1.29 is 9.47 Å². The van der Waals surface area contributed by atoms with Crippen LogP contribution in [0, 0.1) is 11.6 Å². The Morgan fingerprint density at radius 2 is 1.94 bits per heavy atom. The number of rotatable bonds is 3.